The third-order valence-electron chi connectivity index (χ3n) is 3.05. The molecule has 1 heterocycles. The van der Waals surface area contributed by atoms with E-state index in [2.05, 4.69) is 59.8 Å². The number of aromatic nitrogens is 2. The fourth-order valence-electron chi connectivity index (χ4n) is 2.07. The van der Waals surface area contributed by atoms with Gasteiger partial charge in [0, 0.05) is 30.9 Å². The van der Waals surface area contributed by atoms with E-state index in [1.807, 2.05) is 29.1 Å². The first kappa shape index (κ1) is 16.1. The molecule has 0 saturated heterocycles. The Kier molecular flexibility index (Phi) is 5.20. The Labute approximate surface area is 132 Å². The monoisotopic (exact) mass is 299 g/mol. The summed E-state index contributed by atoms with van der Waals surface area (Å²) in [5.41, 5.74) is 2.36. The Morgan fingerprint density at radius 1 is 1.18 bits per heavy atom. The smallest absolute Gasteiger partial charge is 0.191 e. The van der Waals surface area contributed by atoms with Gasteiger partial charge in [0.05, 0.1) is 12.7 Å². The molecule has 0 spiro atoms. The third kappa shape index (κ3) is 5.24. The maximum Gasteiger partial charge on any atom is 0.191 e. The molecule has 5 nitrogen and oxygen atoms in total. The summed E-state index contributed by atoms with van der Waals surface area (Å²) in [4.78, 5) is 4.23. The van der Waals surface area contributed by atoms with Crippen LogP contribution >= 0.6 is 0 Å². The van der Waals surface area contributed by atoms with Gasteiger partial charge >= 0.3 is 0 Å². The molecule has 0 radical (unpaired) electrons. The fraction of sp³-hybridized carbons (Fsp3) is 0.412. The maximum atomic E-state index is 4.41. The molecule has 22 heavy (non-hydrogen) atoms. The number of nitrogens with zero attached hydrogens (tertiary/aromatic N) is 3. The van der Waals surface area contributed by atoms with Gasteiger partial charge in [0.15, 0.2) is 5.96 Å². The second kappa shape index (κ2) is 7.11. The molecular formula is C17H25N5. The van der Waals surface area contributed by atoms with Gasteiger partial charge in [-0.3, -0.25) is 9.67 Å². The highest BCUT2D eigenvalue weighted by Gasteiger charge is 2.11. The zero-order valence-electron chi connectivity index (χ0n) is 13.8. The first-order chi connectivity index (χ1) is 10.5. The highest BCUT2D eigenvalue weighted by Crippen LogP contribution is 2.04. The van der Waals surface area contributed by atoms with Crippen LogP contribution in [0.5, 0.6) is 0 Å². The minimum Gasteiger partial charge on any atom is -0.352 e. The molecule has 0 fully saturated rings. The van der Waals surface area contributed by atoms with Crippen LogP contribution in [0.4, 0.5) is 0 Å². The lowest BCUT2D eigenvalue weighted by Gasteiger charge is -2.23. The number of aliphatic imine (C=N–C) groups is 1. The number of benzene rings is 1. The summed E-state index contributed by atoms with van der Waals surface area (Å²) in [7, 11) is 1.78. The van der Waals surface area contributed by atoms with Crippen LogP contribution in [0, 0.1) is 0 Å². The summed E-state index contributed by atoms with van der Waals surface area (Å²) >= 11 is 0. The minimum atomic E-state index is -0.0145. The van der Waals surface area contributed by atoms with Crippen LogP contribution in [0.25, 0.3) is 0 Å². The largest absolute Gasteiger partial charge is 0.352 e. The summed E-state index contributed by atoms with van der Waals surface area (Å²) in [5, 5.41) is 11.0. The summed E-state index contributed by atoms with van der Waals surface area (Å²) in [6, 6.07) is 10.3. The number of rotatable bonds is 4. The van der Waals surface area contributed by atoms with Gasteiger partial charge < -0.3 is 10.6 Å². The molecule has 0 aliphatic carbocycles. The van der Waals surface area contributed by atoms with Crippen LogP contribution in [0.1, 0.15) is 31.9 Å². The second-order valence-corrected chi connectivity index (χ2v) is 6.33. The average Bonchev–Trinajstić information content (AvgIpc) is 2.91. The summed E-state index contributed by atoms with van der Waals surface area (Å²) in [6.45, 7) is 7.81. The summed E-state index contributed by atoms with van der Waals surface area (Å²) in [5.74, 6) is 0.795. The molecule has 2 aromatic rings. The molecule has 0 bridgehead atoms. The van der Waals surface area contributed by atoms with Crippen LogP contribution in [-0.4, -0.2) is 28.3 Å². The molecule has 2 rings (SSSR count). The van der Waals surface area contributed by atoms with Crippen molar-refractivity contribution in [2.75, 3.05) is 7.05 Å². The highest BCUT2D eigenvalue weighted by molar-refractivity contribution is 5.80. The van der Waals surface area contributed by atoms with Gasteiger partial charge in [-0.2, -0.15) is 5.10 Å². The molecule has 5 heteroatoms. The van der Waals surface area contributed by atoms with E-state index in [1.165, 1.54) is 5.56 Å². The summed E-state index contributed by atoms with van der Waals surface area (Å²) < 4.78 is 1.95. The Balaban J connectivity index is 1.89. The molecule has 0 amide bonds. The lowest BCUT2D eigenvalue weighted by molar-refractivity contribution is 0.501. The van der Waals surface area contributed by atoms with Gasteiger partial charge in [-0.1, -0.05) is 30.3 Å². The van der Waals surface area contributed by atoms with E-state index in [-0.39, 0.29) is 5.54 Å². The topological polar surface area (TPSA) is 54.2 Å². The van der Waals surface area contributed by atoms with Crippen LogP contribution in [0.3, 0.4) is 0 Å². The normalized spacial score (nSPS) is 12.3. The third-order valence-corrected chi connectivity index (χ3v) is 3.05. The molecule has 0 saturated carbocycles. The Bertz CT molecular complexity index is 607. The zero-order chi connectivity index (χ0) is 16.0. The Morgan fingerprint density at radius 2 is 1.91 bits per heavy atom. The molecule has 0 unspecified atom stereocenters. The quantitative estimate of drug-likeness (QED) is 0.673. The average molecular weight is 299 g/mol. The first-order valence-corrected chi connectivity index (χ1v) is 7.50. The first-order valence-electron chi connectivity index (χ1n) is 7.50. The van der Waals surface area contributed by atoms with Crippen molar-refractivity contribution in [1.82, 2.24) is 20.4 Å². The minimum absolute atomic E-state index is 0.0145. The van der Waals surface area contributed by atoms with Gasteiger partial charge in [0.25, 0.3) is 0 Å². The van der Waals surface area contributed by atoms with Crippen LogP contribution in [0.2, 0.25) is 0 Å². The number of nitrogens with one attached hydrogen (secondary N) is 2. The SMILES string of the molecule is CN=C(NCc1cnn(Cc2ccccc2)c1)NC(C)(C)C. The standard InChI is InChI=1S/C17H25N5/c1-17(2,3)21-16(18-4)19-10-15-11-20-22(13-15)12-14-8-6-5-7-9-14/h5-9,11,13H,10,12H2,1-4H3,(H2,18,19,21). The van der Waals surface area contributed by atoms with E-state index in [1.54, 1.807) is 7.05 Å². The number of hydrogen-bond acceptors (Lipinski definition) is 2. The highest BCUT2D eigenvalue weighted by atomic mass is 15.3. The van der Waals surface area contributed by atoms with Crippen molar-refractivity contribution in [3.63, 3.8) is 0 Å². The molecule has 1 aromatic heterocycles. The number of guanidine groups is 1. The molecule has 2 N–H and O–H groups in total. The fourth-order valence-corrected chi connectivity index (χ4v) is 2.07. The molecule has 118 valence electrons. The van der Waals surface area contributed by atoms with Crippen LogP contribution in [0.15, 0.2) is 47.7 Å². The van der Waals surface area contributed by atoms with Gasteiger partial charge in [-0.05, 0) is 26.3 Å². The molecular weight excluding hydrogens is 274 g/mol. The van der Waals surface area contributed by atoms with E-state index in [0.29, 0.717) is 6.54 Å². The van der Waals surface area contributed by atoms with Crippen molar-refractivity contribution < 1.29 is 0 Å². The lowest BCUT2D eigenvalue weighted by Crippen LogP contribution is -2.47. The van der Waals surface area contributed by atoms with E-state index in [4.69, 9.17) is 0 Å². The van der Waals surface area contributed by atoms with Crippen molar-refractivity contribution >= 4 is 5.96 Å². The molecule has 0 atom stereocenters. The molecule has 0 aliphatic rings. The Morgan fingerprint density at radius 3 is 2.55 bits per heavy atom. The Hall–Kier alpha value is -2.30. The van der Waals surface area contributed by atoms with Gasteiger partial charge in [-0.25, -0.2) is 0 Å². The van der Waals surface area contributed by atoms with E-state index < -0.39 is 0 Å². The van der Waals surface area contributed by atoms with E-state index in [9.17, 15) is 0 Å². The van der Waals surface area contributed by atoms with Crippen molar-refractivity contribution in [1.29, 1.82) is 0 Å². The number of hydrogen-bond donors (Lipinski definition) is 2. The zero-order valence-corrected chi connectivity index (χ0v) is 13.8. The van der Waals surface area contributed by atoms with Gasteiger partial charge in [0.2, 0.25) is 0 Å². The van der Waals surface area contributed by atoms with Crippen molar-refractivity contribution in [3.8, 4) is 0 Å². The summed E-state index contributed by atoms with van der Waals surface area (Å²) in [6.07, 6.45) is 3.95. The van der Waals surface area contributed by atoms with Crippen molar-refractivity contribution in [2.24, 2.45) is 4.99 Å². The van der Waals surface area contributed by atoms with Crippen molar-refractivity contribution in [3.05, 3.63) is 53.9 Å². The van der Waals surface area contributed by atoms with Crippen molar-refractivity contribution in [2.45, 2.75) is 39.4 Å². The lowest BCUT2D eigenvalue weighted by atomic mass is 10.1. The van der Waals surface area contributed by atoms with Crippen LogP contribution in [-0.2, 0) is 13.1 Å². The predicted molar refractivity (Wildman–Crippen MR) is 90.9 cm³/mol. The second-order valence-electron chi connectivity index (χ2n) is 6.33. The van der Waals surface area contributed by atoms with Crippen LogP contribution < -0.4 is 10.6 Å². The predicted octanol–water partition coefficient (Wildman–Crippen LogP) is 2.39. The van der Waals surface area contributed by atoms with Gasteiger partial charge in [-0.15, -0.1) is 0 Å². The molecule has 0 aliphatic heterocycles. The van der Waals surface area contributed by atoms with E-state index in [0.717, 1.165) is 18.1 Å². The van der Waals surface area contributed by atoms with E-state index >= 15 is 0 Å². The maximum absolute atomic E-state index is 4.41. The molecule has 1 aromatic carbocycles. The van der Waals surface area contributed by atoms with Gasteiger partial charge in [0.1, 0.15) is 0 Å².